The molecule has 2 atom stereocenters. The first kappa shape index (κ1) is 14.1. The van der Waals surface area contributed by atoms with E-state index in [2.05, 4.69) is 4.98 Å². The van der Waals surface area contributed by atoms with Crippen molar-refractivity contribution in [3.05, 3.63) is 65.0 Å². The van der Waals surface area contributed by atoms with E-state index in [0.717, 1.165) is 23.7 Å². The molecular weight excluding hydrogens is 272 g/mol. The highest BCUT2D eigenvalue weighted by molar-refractivity contribution is 5.31. The van der Waals surface area contributed by atoms with Gasteiger partial charge in [0.15, 0.2) is 11.6 Å². The average Bonchev–Trinajstić information content (AvgIpc) is 2.69. The zero-order valence-electron chi connectivity index (χ0n) is 11.6. The standard InChI is InChI=1S/C17H17F2NO/c18-15-5-1-4-14(16(15)19)11-6-7-13(10-21)17-12(9-11)3-2-8-20-17/h1-5,8,11,13,21H,6-7,9-10H2/t11-,13?/m1/s1. The van der Waals surface area contributed by atoms with Gasteiger partial charge >= 0.3 is 0 Å². The lowest BCUT2D eigenvalue weighted by atomic mass is 9.89. The number of aliphatic hydroxyl groups excluding tert-OH is 1. The number of fused-ring (bicyclic) bond motifs is 1. The van der Waals surface area contributed by atoms with Crippen LogP contribution in [0.1, 0.15) is 41.5 Å². The fourth-order valence-corrected chi connectivity index (χ4v) is 3.18. The SMILES string of the molecule is OCC1CC[C@@H](c2cccc(F)c2F)Cc2cccnc21. The predicted molar refractivity (Wildman–Crippen MR) is 76.1 cm³/mol. The lowest BCUT2D eigenvalue weighted by molar-refractivity contribution is 0.255. The molecule has 0 spiro atoms. The van der Waals surface area contributed by atoms with Gasteiger partial charge in [0, 0.05) is 17.8 Å². The maximum Gasteiger partial charge on any atom is 0.162 e. The number of hydrogen-bond acceptors (Lipinski definition) is 2. The summed E-state index contributed by atoms with van der Waals surface area (Å²) in [4.78, 5) is 4.37. The Balaban J connectivity index is 1.99. The Bertz CT molecular complexity index is 644. The molecule has 3 rings (SSSR count). The Labute approximate surface area is 122 Å². The molecule has 0 aliphatic heterocycles. The van der Waals surface area contributed by atoms with Crippen molar-refractivity contribution in [2.45, 2.75) is 31.1 Å². The summed E-state index contributed by atoms with van der Waals surface area (Å²) in [6.45, 7) is 0.0301. The number of halogens is 2. The number of rotatable bonds is 2. The molecule has 0 amide bonds. The van der Waals surface area contributed by atoms with E-state index in [-0.39, 0.29) is 18.4 Å². The van der Waals surface area contributed by atoms with Gasteiger partial charge in [-0.05, 0) is 48.4 Å². The van der Waals surface area contributed by atoms with Crippen LogP contribution in [0.25, 0.3) is 0 Å². The van der Waals surface area contributed by atoms with Crippen LogP contribution in [0.3, 0.4) is 0 Å². The van der Waals surface area contributed by atoms with Crippen molar-refractivity contribution in [3.63, 3.8) is 0 Å². The molecule has 0 radical (unpaired) electrons. The summed E-state index contributed by atoms with van der Waals surface area (Å²) in [5.41, 5.74) is 2.32. The summed E-state index contributed by atoms with van der Waals surface area (Å²) in [5, 5.41) is 9.54. The zero-order chi connectivity index (χ0) is 14.8. The molecule has 1 heterocycles. The molecule has 1 aliphatic carbocycles. The summed E-state index contributed by atoms with van der Waals surface area (Å²) in [6, 6.07) is 8.14. The molecule has 0 saturated carbocycles. The summed E-state index contributed by atoms with van der Waals surface area (Å²) in [7, 11) is 0. The fourth-order valence-electron chi connectivity index (χ4n) is 3.18. The van der Waals surface area contributed by atoms with Gasteiger partial charge in [-0.1, -0.05) is 18.2 Å². The zero-order valence-corrected chi connectivity index (χ0v) is 11.6. The second-order valence-corrected chi connectivity index (χ2v) is 5.55. The number of aromatic nitrogens is 1. The van der Waals surface area contributed by atoms with E-state index >= 15 is 0 Å². The normalized spacial score (nSPS) is 21.7. The minimum atomic E-state index is -0.804. The van der Waals surface area contributed by atoms with Crippen molar-refractivity contribution in [2.75, 3.05) is 6.61 Å². The first-order valence-electron chi connectivity index (χ1n) is 7.19. The van der Waals surface area contributed by atoms with Gasteiger partial charge in [-0.3, -0.25) is 4.98 Å². The lowest BCUT2D eigenvalue weighted by Crippen LogP contribution is -2.06. The number of nitrogens with zero attached hydrogens (tertiary/aromatic N) is 1. The van der Waals surface area contributed by atoms with E-state index in [9.17, 15) is 13.9 Å². The Morgan fingerprint density at radius 2 is 2.00 bits per heavy atom. The van der Waals surface area contributed by atoms with Crippen LogP contribution in [-0.2, 0) is 6.42 Å². The topological polar surface area (TPSA) is 33.1 Å². The summed E-state index contributed by atoms with van der Waals surface area (Å²) < 4.78 is 27.5. The van der Waals surface area contributed by atoms with Crippen LogP contribution >= 0.6 is 0 Å². The minimum Gasteiger partial charge on any atom is -0.396 e. The van der Waals surface area contributed by atoms with Crippen LogP contribution in [0.2, 0.25) is 0 Å². The summed E-state index contributed by atoms with van der Waals surface area (Å²) in [5.74, 6) is -1.67. The molecule has 0 bridgehead atoms. The molecule has 1 unspecified atom stereocenters. The molecule has 1 aromatic heterocycles. The van der Waals surface area contributed by atoms with Crippen molar-refractivity contribution in [2.24, 2.45) is 0 Å². The van der Waals surface area contributed by atoms with Crippen LogP contribution in [0.4, 0.5) is 8.78 Å². The largest absolute Gasteiger partial charge is 0.396 e. The molecule has 4 heteroatoms. The Kier molecular flexibility index (Phi) is 3.97. The smallest absolute Gasteiger partial charge is 0.162 e. The van der Waals surface area contributed by atoms with E-state index < -0.39 is 11.6 Å². The quantitative estimate of drug-likeness (QED) is 0.858. The highest BCUT2D eigenvalue weighted by Gasteiger charge is 2.27. The van der Waals surface area contributed by atoms with Crippen molar-refractivity contribution >= 4 is 0 Å². The van der Waals surface area contributed by atoms with Crippen molar-refractivity contribution < 1.29 is 13.9 Å². The van der Waals surface area contributed by atoms with Gasteiger partial charge in [-0.25, -0.2) is 8.78 Å². The van der Waals surface area contributed by atoms with Crippen LogP contribution in [0, 0.1) is 11.6 Å². The summed E-state index contributed by atoms with van der Waals surface area (Å²) >= 11 is 0. The van der Waals surface area contributed by atoms with E-state index in [1.54, 1.807) is 18.3 Å². The Morgan fingerprint density at radius 1 is 1.14 bits per heavy atom. The fraction of sp³-hybridized carbons (Fsp3) is 0.353. The highest BCUT2D eigenvalue weighted by atomic mass is 19.2. The van der Waals surface area contributed by atoms with E-state index in [1.807, 2.05) is 12.1 Å². The summed E-state index contributed by atoms with van der Waals surface area (Å²) in [6.07, 6.45) is 3.77. The average molecular weight is 289 g/mol. The van der Waals surface area contributed by atoms with Crippen LogP contribution < -0.4 is 0 Å². The van der Waals surface area contributed by atoms with Crippen molar-refractivity contribution in [1.82, 2.24) is 4.98 Å². The monoisotopic (exact) mass is 289 g/mol. The molecule has 1 aliphatic rings. The van der Waals surface area contributed by atoms with Crippen molar-refractivity contribution in [1.29, 1.82) is 0 Å². The number of benzene rings is 1. The van der Waals surface area contributed by atoms with Gasteiger partial charge in [0.25, 0.3) is 0 Å². The lowest BCUT2D eigenvalue weighted by Gasteiger charge is -2.16. The molecule has 0 saturated heterocycles. The second-order valence-electron chi connectivity index (χ2n) is 5.55. The first-order valence-corrected chi connectivity index (χ1v) is 7.19. The molecule has 21 heavy (non-hydrogen) atoms. The number of hydrogen-bond donors (Lipinski definition) is 1. The van der Waals surface area contributed by atoms with E-state index in [4.69, 9.17) is 0 Å². The first-order chi connectivity index (χ1) is 10.2. The molecule has 2 nitrogen and oxygen atoms in total. The van der Waals surface area contributed by atoms with Gasteiger partial charge < -0.3 is 5.11 Å². The molecule has 1 N–H and O–H groups in total. The van der Waals surface area contributed by atoms with E-state index in [0.29, 0.717) is 18.4 Å². The molecule has 0 fully saturated rings. The van der Waals surface area contributed by atoms with Crippen LogP contribution in [0.5, 0.6) is 0 Å². The van der Waals surface area contributed by atoms with Crippen LogP contribution in [-0.4, -0.2) is 16.7 Å². The molecular formula is C17H17F2NO. The number of aliphatic hydroxyl groups is 1. The van der Waals surface area contributed by atoms with E-state index in [1.165, 1.54) is 0 Å². The third-order valence-electron chi connectivity index (χ3n) is 4.28. The third-order valence-corrected chi connectivity index (χ3v) is 4.28. The Hall–Kier alpha value is -1.81. The maximum atomic E-state index is 14.0. The molecule has 1 aromatic carbocycles. The minimum absolute atomic E-state index is 0.0252. The Morgan fingerprint density at radius 3 is 2.81 bits per heavy atom. The van der Waals surface area contributed by atoms with Gasteiger partial charge in [0.1, 0.15) is 0 Å². The van der Waals surface area contributed by atoms with Crippen LogP contribution in [0.15, 0.2) is 36.5 Å². The van der Waals surface area contributed by atoms with Gasteiger partial charge in [0.05, 0.1) is 6.61 Å². The maximum absolute atomic E-state index is 14.0. The van der Waals surface area contributed by atoms with Gasteiger partial charge in [-0.15, -0.1) is 0 Å². The number of pyridine rings is 1. The third kappa shape index (κ3) is 2.68. The van der Waals surface area contributed by atoms with Gasteiger partial charge in [-0.2, -0.15) is 0 Å². The highest BCUT2D eigenvalue weighted by Crippen LogP contribution is 2.37. The van der Waals surface area contributed by atoms with Crippen molar-refractivity contribution in [3.8, 4) is 0 Å². The van der Waals surface area contributed by atoms with Gasteiger partial charge in [0.2, 0.25) is 0 Å². The predicted octanol–water partition coefficient (Wildman–Crippen LogP) is 3.56. The second kappa shape index (κ2) is 5.90. The molecule has 110 valence electrons. The molecule has 2 aromatic rings.